The number of aryl methyl sites for hydroxylation is 1. The highest BCUT2D eigenvalue weighted by Crippen LogP contribution is 2.19. The average molecular weight is 250 g/mol. The smallest absolute Gasteiger partial charge is 0.120 e. The van der Waals surface area contributed by atoms with E-state index in [1.807, 2.05) is 25.1 Å². The first-order valence-corrected chi connectivity index (χ1v) is 6.06. The van der Waals surface area contributed by atoms with E-state index in [0.29, 0.717) is 0 Å². The van der Waals surface area contributed by atoms with Crippen LogP contribution in [0.1, 0.15) is 29.9 Å². The number of furan rings is 1. The minimum Gasteiger partial charge on any atom is -0.468 e. The Morgan fingerprint density at radius 2 is 2.18 bits per heavy atom. The third-order valence-corrected chi connectivity index (χ3v) is 3.13. The van der Waals surface area contributed by atoms with Gasteiger partial charge in [-0.3, -0.25) is 0 Å². The molecule has 1 atom stereocenters. The van der Waals surface area contributed by atoms with Crippen LogP contribution in [0.2, 0.25) is 5.02 Å². The molecule has 0 radical (unpaired) electrons. The summed E-state index contributed by atoms with van der Waals surface area (Å²) in [4.78, 5) is 0. The predicted molar refractivity (Wildman–Crippen MR) is 70.2 cm³/mol. The molecule has 3 heteroatoms. The Labute approximate surface area is 107 Å². The van der Waals surface area contributed by atoms with Gasteiger partial charge in [-0.1, -0.05) is 23.7 Å². The van der Waals surface area contributed by atoms with E-state index in [0.717, 1.165) is 22.9 Å². The first kappa shape index (κ1) is 12.2. The minimum absolute atomic E-state index is 0.183. The summed E-state index contributed by atoms with van der Waals surface area (Å²) in [7, 11) is 0. The average Bonchev–Trinajstić information content (AvgIpc) is 2.81. The third kappa shape index (κ3) is 3.11. The van der Waals surface area contributed by atoms with Crippen LogP contribution >= 0.6 is 11.6 Å². The summed E-state index contributed by atoms with van der Waals surface area (Å²) in [6, 6.07) is 10.2. The maximum Gasteiger partial charge on any atom is 0.120 e. The van der Waals surface area contributed by atoms with Crippen LogP contribution in [-0.2, 0) is 6.54 Å². The topological polar surface area (TPSA) is 25.2 Å². The molecule has 17 heavy (non-hydrogen) atoms. The van der Waals surface area contributed by atoms with Crippen LogP contribution < -0.4 is 5.32 Å². The van der Waals surface area contributed by atoms with Crippen molar-refractivity contribution in [1.82, 2.24) is 5.32 Å². The molecular formula is C14H16ClNO. The van der Waals surface area contributed by atoms with E-state index in [1.54, 1.807) is 6.26 Å². The summed E-state index contributed by atoms with van der Waals surface area (Å²) in [5, 5.41) is 4.19. The van der Waals surface area contributed by atoms with Gasteiger partial charge >= 0.3 is 0 Å². The van der Waals surface area contributed by atoms with E-state index >= 15 is 0 Å². The van der Waals surface area contributed by atoms with Crippen LogP contribution in [0.4, 0.5) is 0 Å². The molecule has 0 aliphatic rings. The van der Waals surface area contributed by atoms with Gasteiger partial charge in [-0.15, -0.1) is 0 Å². The summed E-state index contributed by atoms with van der Waals surface area (Å²) >= 11 is 6.17. The largest absolute Gasteiger partial charge is 0.468 e. The van der Waals surface area contributed by atoms with Crippen molar-refractivity contribution in [3.05, 3.63) is 58.5 Å². The molecule has 0 spiro atoms. The van der Waals surface area contributed by atoms with Crippen molar-refractivity contribution in [1.29, 1.82) is 0 Å². The Kier molecular flexibility index (Phi) is 3.87. The van der Waals surface area contributed by atoms with E-state index < -0.39 is 0 Å². The van der Waals surface area contributed by atoms with E-state index in [-0.39, 0.29) is 6.04 Å². The lowest BCUT2D eigenvalue weighted by Crippen LogP contribution is -2.17. The second-order valence-electron chi connectivity index (χ2n) is 4.21. The molecule has 1 N–H and O–H groups in total. The van der Waals surface area contributed by atoms with Gasteiger partial charge in [0.1, 0.15) is 5.76 Å². The number of hydrogen-bond donors (Lipinski definition) is 1. The summed E-state index contributed by atoms with van der Waals surface area (Å²) in [5.74, 6) is 0.938. The summed E-state index contributed by atoms with van der Waals surface area (Å²) in [6.07, 6.45) is 1.69. The fourth-order valence-corrected chi connectivity index (χ4v) is 2.00. The molecule has 0 fully saturated rings. The Balaban J connectivity index is 1.98. The van der Waals surface area contributed by atoms with E-state index in [1.165, 1.54) is 5.56 Å². The zero-order chi connectivity index (χ0) is 12.3. The lowest BCUT2D eigenvalue weighted by Gasteiger charge is -2.12. The first-order chi connectivity index (χ1) is 8.16. The summed E-state index contributed by atoms with van der Waals surface area (Å²) in [5.41, 5.74) is 2.29. The van der Waals surface area contributed by atoms with Crippen molar-refractivity contribution in [2.45, 2.75) is 26.4 Å². The van der Waals surface area contributed by atoms with Crippen molar-refractivity contribution < 1.29 is 4.42 Å². The molecule has 2 aromatic rings. The molecule has 2 rings (SSSR count). The maximum atomic E-state index is 6.17. The van der Waals surface area contributed by atoms with E-state index in [2.05, 4.69) is 24.4 Å². The zero-order valence-corrected chi connectivity index (χ0v) is 10.8. The van der Waals surface area contributed by atoms with Gasteiger partial charge in [0.05, 0.1) is 12.3 Å². The Hall–Kier alpha value is -1.25. The monoisotopic (exact) mass is 249 g/mol. The molecule has 1 heterocycles. The quantitative estimate of drug-likeness (QED) is 0.883. The van der Waals surface area contributed by atoms with Gasteiger partial charge in [0, 0.05) is 11.6 Å². The van der Waals surface area contributed by atoms with Gasteiger partial charge in [0.15, 0.2) is 0 Å². The third-order valence-electron chi connectivity index (χ3n) is 2.78. The van der Waals surface area contributed by atoms with Crippen molar-refractivity contribution >= 4 is 11.6 Å². The molecule has 0 saturated heterocycles. The lowest BCUT2D eigenvalue weighted by atomic mass is 10.1. The van der Waals surface area contributed by atoms with Gasteiger partial charge in [-0.2, -0.15) is 0 Å². The number of nitrogens with one attached hydrogen (secondary N) is 1. The van der Waals surface area contributed by atoms with Crippen molar-refractivity contribution in [2.24, 2.45) is 0 Å². The van der Waals surface area contributed by atoms with Crippen LogP contribution in [-0.4, -0.2) is 0 Å². The van der Waals surface area contributed by atoms with Gasteiger partial charge in [-0.05, 0) is 43.2 Å². The minimum atomic E-state index is 0.183. The van der Waals surface area contributed by atoms with Crippen molar-refractivity contribution in [2.75, 3.05) is 0 Å². The Bertz CT molecular complexity index is 479. The molecular weight excluding hydrogens is 234 g/mol. The van der Waals surface area contributed by atoms with E-state index in [4.69, 9.17) is 16.0 Å². The van der Waals surface area contributed by atoms with Crippen molar-refractivity contribution in [3.63, 3.8) is 0 Å². The molecule has 90 valence electrons. The molecule has 0 saturated carbocycles. The van der Waals surface area contributed by atoms with E-state index in [9.17, 15) is 0 Å². The van der Waals surface area contributed by atoms with Gasteiger partial charge in [0.2, 0.25) is 0 Å². The molecule has 0 unspecified atom stereocenters. The van der Waals surface area contributed by atoms with Gasteiger partial charge in [-0.25, -0.2) is 0 Å². The second-order valence-corrected chi connectivity index (χ2v) is 4.62. The number of halogens is 1. The van der Waals surface area contributed by atoms with Gasteiger partial charge < -0.3 is 9.73 Å². The molecule has 1 aromatic heterocycles. The molecule has 0 amide bonds. The van der Waals surface area contributed by atoms with Crippen LogP contribution in [0.5, 0.6) is 0 Å². The maximum absolute atomic E-state index is 6.17. The number of rotatable bonds is 4. The van der Waals surface area contributed by atoms with Crippen LogP contribution in [0.15, 0.2) is 41.0 Å². The van der Waals surface area contributed by atoms with Crippen LogP contribution in [0.3, 0.4) is 0 Å². The molecule has 2 nitrogen and oxygen atoms in total. The highest BCUT2D eigenvalue weighted by Gasteiger charge is 2.08. The highest BCUT2D eigenvalue weighted by molar-refractivity contribution is 6.31. The SMILES string of the molecule is Cc1ccc(CN[C@H](C)c2ccco2)c(Cl)c1. The fourth-order valence-electron chi connectivity index (χ4n) is 1.70. The fraction of sp³-hybridized carbons (Fsp3) is 0.286. The van der Waals surface area contributed by atoms with Gasteiger partial charge in [0.25, 0.3) is 0 Å². The molecule has 0 aliphatic heterocycles. The molecule has 0 bridgehead atoms. The Morgan fingerprint density at radius 1 is 1.35 bits per heavy atom. The Morgan fingerprint density at radius 3 is 2.82 bits per heavy atom. The van der Waals surface area contributed by atoms with Crippen LogP contribution in [0, 0.1) is 6.92 Å². The molecule has 0 aliphatic carbocycles. The first-order valence-electron chi connectivity index (χ1n) is 5.68. The summed E-state index contributed by atoms with van der Waals surface area (Å²) < 4.78 is 5.34. The zero-order valence-electron chi connectivity index (χ0n) is 10.0. The highest BCUT2D eigenvalue weighted by atomic mass is 35.5. The predicted octanol–water partition coefficient (Wildman–Crippen LogP) is 4.09. The number of hydrogen-bond acceptors (Lipinski definition) is 2. The second kappa shape index (κ2) is 5.39. The van der Waals surface area contributed by atoms with Crippen molar-refractivity contribution in [3.8, 4) is 0 Å². The van der Waals surface area contributed by atoms with Crippen LogP contribution in [0.25, 0.3) is 0 Å². The number of benzene rings is 1. The standard InChI is InChI=1S/C14H16ClNO/c1-10-5-6-12(13(15)8-10)9-16-11(2)14-4-3-7-17-14/h3-8,11,16H,9H2,1-2H3/t11-/m1/s1. The normalized spacial score (nSPS) is 12.6. The molecule has 1 aromatic carbocycles. The lowest BCUT2D eigenvalue weighted by molar-refractivity contribution is 0.430. The summed E-state index contributed by atoms with van der Waals surface area (Å²) in [6.45, 7) is 4.84.